The number of hydrogen-bond acceptors (Lipinski definition) is 3. The van der Waals surface area contributed by atoms with E-state index in [1.165, 1.54) is 6.07 Å². The van der Waals surface area contributed by atoms with Crippen LogP contribution in [0.3, 0.4) is 0 Å². The number of amides is 1. The van der Waals surface area contributed by atoms with Crippen LogP contribution >= 0.6 is 23.2 Å². The van der Waals surface area contributed by atoms with Gasteiger partial charge in [0.05, 0.1) is 0 Å². The molecule has 1 atom stereocenters. The van der Waals surface area contributed by atoms with Crippen molar-refractivity contribution in [2.24, 2.45) is 0 Å². The van der Waals surface area contributed by atoms with Gasteiger partial charge in [-0.05, 0) is 38.4 Å². The van der Waals surface area contributed by atoms with E-state index in [1.54, 1.807) is 26.0 Å². The summed E-state index contributed by atoms with van der Waals surface area (Å²) < 4.78 is 12.2. The van der Waals surface area contributed by atoms with Gasteiger partial charge in [0, 0.05) is 17.8 Å². The quantitative estimate of drug-likeness (QED) is 0.883. The Bertz CT molecular complexity index is 566. The van der Waals surface area contributed by atoms with E-state index in [2.05, 4.69) is 5.32 Å². The maximum absolute atomic E-state index is 11.7. The molecule has 1 aromatic carbocycles. The summed E-state index contributed by atoms with van der Waals surface area (Å²) in [5.41, 5.74) is -0.455. The Hall–Kier alpha value is -1.46. The molecule has 0 bridgehead atoms. The molecule has 1 rings (SSSR count). The van der Waals surface area contributed by atoms with Crippen LogP contribution < -0.4 is 5.32 Å². The van der Waals surface area contributed by atoms with Crippen molar-refractivity contribution in [2.75, 3.05) is 0 Å². The number of halogens is 2. The van der Waals surface area contributed by atoms with Crippen molar-refractivity contribution in [3.8, 4) is 0 Å². The third kappa shape index (κ3) is 6.23. The molecule has 7 heteroatoms. The number of ether oxygens (including phenoxy) is 1. The van der Waals surface area contributed by atoms with Gasteiger partial charge < -0.3 is 15.2 Å². The van der Waals surface area contributed by atoms with Crippen LogP contribution in [0.2, 0.25) is 10.0 Å². The lowest BCUT2D eigenvalue weighted by Crippen LogP contribution is -2.44. The molecule has 0 unspecified atom stereocenters. The summed E-state index contributed by atoms with van der Waals surface area (Å²) >= 11 is 11.8. The van der Waals surface area contributed by atoms with Gasteiger partial charge in [-0.3, -0.25) is 0 Å². The molecule has 5 nitrogen and oxygen atoms in total. The molecule has 0 aliphatic rings. The van der Waals surface area contributed by atoms with Crippen LogP contribution in [0.15, 0.2) is 18.2 Å². The van der Waals surface area contributed by atoms with E-state index in [0.29, 0.717) is 15.6 Å². The van der Waals surface area contributed by atoms with Gasteiger partial charge in [0.1, 0.15) is 11.6 Å². The first-order valence-electron chi connectivity index (χ1n) is 6.81. The van der Waals surface area contributed by atoms with Crippen LogP contribution in [0.25, 0.3) is 0 Å². The molecular weight excluding hydrogens is 317 g/mol. The summed E-state index contributed by atoms with van der Waals surface area (Å²) in [6, 6.07) is 3.48. The van der Waals surface area contributed by atoms with E-state index in [1.807, 2.05) is 0 Å². The molecule has 0 heterocycles. The third-order valence-corrected chi connectivity index (χ3v) is 2.99. The van der Waals surface area contributed by atoms with Gasteiger partial charge in [-0.2, -0.15) is 0 Å². The van der Waals surface area contributed by atoms with E-state index >= 15 is 0 Å². The van der Waals surface area contributed by atoms with Crippen LogP contribution in [0.4, 0.5) is 4.79 Å². The number of carboxylic acids is 1. The smallest absolute Gasteiger partial charge is 0.408 e. The van der Waals surface area contributed by atoms with Crippen molar-refractivity contribution >= 4 is 35.3 Å². The van der Waals surface area contributed by atoms with Crippen LogP contribution in [-0.4, -0.2) is 28.8 Å². The maximum Gasteiger partial charge on any atom is 0.408 e. The minimum absolute atomic E-state index is 0.0122. The summed E-state index contributed by atoms with van der Waals surface area (Å²) in [6.45, 7) is 2.98. The highest BCUT2D eigenvalue weighted by atomic mass is 35.5. The average Bonchev–Trinajstić information content (AvgIpc) is 2.40. The molecule has 2 N–H and O–H groups in total. The zero-order valence-electron chi connectivity index (χ0n) is 12.7. The normalized spacial score (nSPS) is 13.2. The Morgan fingerprint density at radius 1 is 1.48 bits per heavy atom. The van der Waals surface area contributed by atoms with E-state index in [4.69, 9.17) is 29.3 Å². The molecule has 0 fully saturated rings. The zero-order valence-corrected chi connectivity index (χ0v) is 13.2. The molecule has 0 radical (unpaired) electrons. The Morgan fingerprint density at radius 2 is 2.14 bits per heavy atom. The summed E-state index contributed by atoms with van der Waals surface area (Å²) in [5.74, 6) is -1.22. The minimum atomic E-state index is -1.22. The van der Waals surface area contributed by atoms with Gasteiger partial charge >= 0.3 is 12.1 Å². The van der Waals surface area contributed by atoms with Gasteiger partial charge in [-0.25, -0.2) is 9.59 Å². The lowest BCUT2D eigenvalue weighted by Gasteiger charge is -2.22. The van der Waals surface area contributed by atoms with Crippen molar-refractivity contribution < 1.29 is 20.8 Å². The SMILES string of the molecule is [2H]CC(C)(C)OC(=O)N[C@@H](Cc1ccc(Cl)cc1Cl)C(=O)O. The topological polar surface area (TPSA) is 75.6 Å². The molecule has 116 valence electrons. The Morgan fingerprint density at radius 3 is 2.67 bits per heavy atom. The van der Waals surface area contributed by atoms with E-state index in [-0.39, 0.29) is 13.3 Å². The molecule has 0 aliphatic carbocycles. The largest absolute Gasteiger partial charge is 0.480 e. The number of nitrogens with one attached hydrogen (secondary N) is 1. The number of hydrogen-bond donors (Lipinski definition) is 2. The predicted molar refractivity (Wildman–Crippen MR) is 81.0 cm³/mol. The second kappa shape index (κ2) is 7.00. The van der Waals surface area contributed by atoms with Gasteiger partial charge in [-0.15, -0.1) is 0 Å². The Balaban J connectivity index is 2.78. The zero-order chi connectivity index (χ0) is 16.9. The van der Waals surface area contributed by atoms with Crippen LogP contribution in [0, 0.1) is 0 Å². The van der Waals surface area contributed by atoms with Crippen molar-refractivity contribution in [1.82, 2.24) is 5.32 Å². The van der Waals surface area contributed by atoms with Gasteiger partial charge in [0.15, 0.2) is 0 Å². The lowest BCUT2D eigenvalue weighted by atomic mass is 10.1. The molecule has 1 aromatic rings. The summed E-state index contributed by atoms with van der Waals surface area (Å²) in [7, 11) is 0. The number of aliphatic carboxylic acids is 1. The number of carboxylic acid groups (broad SMARTS) is 1. The van der Waals surface area contributed by atoms with Crippen molar-refractivity contribution in [1.29, 1.82) is 0 Å². The predicted octanol–water partition coefficient (Wildman–Crippen LogP) is 3.51. The highest BCUT2D eigenvalue weighted by molar-refractivity contribution is 6.35. The van der Waals surface area contributed by atoms with E-state index in [9.17, 15) is 14.7 Å². The first kappa shape index (κ1) is 15.9. The summed E-state index contributed by atoms with van der Waals surface area (Å²) in [4.78, 5) is 23.0. The molecule has 21 heavy (non-hydrogen) atoms. The van der Waals surface area contributed by atoms with E-state index < -0.39 is 23.7 Å². The molecule has 1 amide bonds. The Kier molecular flexibility index (Phi) is 5.31. The Labute approximate surface area is 134 Å². The lowest BCUT2D eigenvalue weighted by molar-refractivity contribution is -0.139. The van der Waals surface area contributed by atoms with Crippen molar-refractivity contribution in [3.05, 3.63) is 33.8 Å². The van der Waals surface area contributed by atoms with Crippen LogP contribution in [0.1, 0.15) is 27.7 Å². The fraction of sp³-hybridized carbons (Fsp3) is 0.429. The van der Waals surface area contributed by atoms with Crippen LogP contribution in [-0.2, 0) is 16.0 Å². The van der Waals surface area contributed by atoms with Crippen molar-refractivity contribution in [2.45, 2.75) is 38.8 Å². The number of benzene rings is 1. The molecule has 0 saturated carbocycles. The number of carbonyl (C=O) groups is 2. The second-order valence-electron chi connectivity index (χ2n) is 5.12. The van der Waals surface area contributed by atoms with Gasteiger partial charge in [0.25, 0.3) is 0 Å². The average molecular weight is 335 g/mol. The summed E-state index contributed by atoms with van der Waals surface area (Å²) in [6.07, 6.45) is -0.906. The monoisotopic (exact) mass is 334 g/mol. The standard InChI is InChI=1S/C14H17Cl2NO4/c1-14(2,3)21-13(20)17-11(12(18)19)6-8-4-5-9(15)7-10(8)16/h4-5,7,11H,6H2,1-3H3,(H,17,20)(H,18,19)/t11-/m0/s1/i1D. The first-order chi connectivity index (χ1) is 10.1. The van der Waals surface area contributed by atoms with E-state index in [0.717, 1.165) is 0 Å². The second-order valence-corrected chi connectivity index (χ2v) is 5.97. The molecular formula is C14H17Cl2NO4. The molecule has 0 aromatic heterocycles. The number of rotatable bonds is 4. The molecule has 0 saturated heterocycles. The van der Waals surface area contributed by atoms with Gasteiger partial charge in [0.2, 0.25) is 0 Å². The van der Waals surface area contributed by atoms with Crippen LogP contribution in [0.5, 0.6) is 0 Å². The number of alkyl carbamates (subject to hydrolysis) is 1. The molecule has 0 aliphatic heterocycles. The fourth-order valence-corrected chi connectivity index (χ4v) is 2.02. The summed E-state index contributed by atoms with van der Waals surface area (Å²) in [5, 5.41) is 12.2. The highest BCUT2D eigenvalue weighted by Crippen LogP contribution is 2.22. The highest BCUT2D eigenvalue weighted by Gasteiger charge is 2.24. The molecule has 0 spiro atoms. The number of carbonyl (C=O) groups excluding carboxylic acids is 1. The third-order valence-electron chi connectivity index (χ3n) is 2.40. The minimum Gasteiger partial charge on any atom is -0.480 e. The van der Waals surface area contributed by atoms with Gasteiger partial charge in [-0.1, -0.05) is 29.3 Å². The maximum atomic E-state index is 11.7. The first-order valence-corrected chi connectivity index (χ1v) is 6.85. The fourth-order valence-electron chi connectivity index (χ4n) is 1.53. The van der Waals surface area contributed by atoms with Crippen molar-refractivity contribution in [3.63, 3.8) is 0 Å².